The molecule has 0 radical (unpaired) electrons. The molecule has 7 heteroatoms. The molecule has 1 fully saturated rings. The number of hydrogen-bond donors (Lipinski definition) is 1. The van der Waals surface area contributed by atoms with Crippen LogP contribution in [0.4, 0.5) is 0 Å². The molecule has 2 heterocycles. The minimum Gasteiger partial charge on any atom is -0.487 e. The highest BCUT2D eigenvalue weighted by atomic mass is 127. The number of furan rings is 1. The van der Waals surface area contributed by atoms with E-state index in [1.54, 1.807) is 13.3 Å². The topological polar surface area (TPSA) is 50.0 Å². The molecular weight excluding hydrogens is 453 g/mol. The van der Waals surface area contributed by atoms with Crippen molar-refractivity contribution in [2.45, 2.75) is 18.9 Å². The number of hydrogen-bond acceptors (Lipinski definition) is 3. The number of halogens is 2. The summed E-state index contributed by atoms with van der Waals surface area (Å²) in [5.41, 5.74) is 0. The van der Waals surface area contributed by atoms with E-state index in [1.165, 1.54) is 0 Å². The van der Waals surface area contributed by atoms with Crippen LogP contribution in [0, 0.1) is 0 Å². The second-order valence-electron chi connectivity index (χ2n) is 5.71. The molecule has 1 unspecified atom stereocenters. The van der Waals surface area contributed by atoms with Crippen LogP contribution in [0.15, 0.2) is 52.1 Å². The standard InChI is InChI=1S/C18H22ClN3O2.HI/c1-20-18(21-10-8-14-5-4-12-23-14)22-11-9-15(13-22)24-17-7-3-2-6-16(17)19;/h2-7,12,15H,8-11,13H2,1H3,(H,20,21);1H. The number of guanidine groups is 1. The zero-order valence-electron chi connectivity index (χ0n) is 14.2. The number of likely N-dealkylation sites (tertiary alicyclic amines) is 1. The largest absolute Gasteiger partial charge is 0.487 e. The summed E-state index contributed by atoms with van der Waals surface area (Å²) in [6, 6.07) is 11.5. The lowest BCUT2D eigenvalue weighted by Gasteiger charge is -2.21. The maximum absolute atomic E-state index is 6.16. The molecule has 25 heavy (non-hydrogen) atoms. The van der Waals surface area contributed by atoms with E-state index in [0.29, 0.717) is 5.02 Å². The van der Waals surface area contributed by atoms with Crippen LogP contribution in [0.3, 0.4) is 0 Å². The molecule has 0 spiro atoms. The molecule has 1 aromatic carbocycles. The van der Waals surface area contributed by atoms with E-state index in [2.05, 4.69) is 15.2 Å². The van der Waals surface area contributed by atoms with E-state index >= 15 is 0 Å². The first-order valence-electron chi connectivity index (χ1n) is 8.15. The Labute approximate surface area is 170 Å². The third kappa shape index (κ3) is 5.54. The fourth-order valence-electron chi connectivity index (χ4n) is 2.82. The van der Waals surface area contributed by atoms with Crippen molar-refractivity contribution < 1.29 is 9.15 Å². The summed E-state index contributed by atoms with van der Waals surface area (Å²) in [5, 5.41) is 4.03. The maximum Gasteiger partial charge on any atom is 0.193 e. The van der Waals surface area contributed by atoms with Crippen molar-refractivity contribution in [1.82, 2.24) is 10.2 Å². The van der Waals surface area contributed by atoms with Gasteiger partial charge in [-0.05, 0) is 24.3 Å². The third-order valence-electron chi connectivity index (χ3n) is 4.02. The SMILES string of the molecule is CN=C(NCCc1ccco1)N1CCC(Oc2ccccc2Cl)C1.I. The van der Waals surface area contributed by atoms with Gasteiger partial charge in [-0.3, -0.25) is 4.99 Å². The second-order valence-corrected chi connectivity index (χ2v) is 6.12. The Morgan fingerprint density at radius 3 is 2.92 bits per heavy atom. The second kappa shape index (κ2) is 9.91. The molecule has 3 rings (SSSR count). The van der Waals surface area contributed by atoms with E-state index in [1.807, 2.05) is 36.4 Å². The summed E-state index contributed by atoms with van der Waals surface area (Å²) in [4.78, 5) is 6.58. The molecule has 0 amide bonds. The van der Waals surface area contributed by atoms with Crippen molar-refractivity contribution >= 4 is 41.5 Å². The molecule has 1 aliphatic rings. The van der Waals surface area contributed by atoms with Gasteiger partial charge in [0.1, 0.15) is 17.6 Å². The zero-order chi connectivity index (χ0) is 16.8. The summed E-state index contributed by atoms with van der Waals surface area (Å²) in [6.45, 7) is 2.49. The Hall–Kier alpha value is -1.41. The van der Waals surface area contributed by atoms with Gasteiger partial charge in [-0.2, -0.15) is 0 Å². The molecule has 2 aromatic rings. The Morgan fingerprint density at radius 2 is 2.20 bits per heavy atom. The van der Waals surface area contributed by atoms with Crippen LogP contribution in [0.25, 0.3) is 0 Å². The van der Waals surface area contributed by atoms with Crippen molar-refractivity contribution in [1.29, 1.82) is 0 Å². The van der Waals surface area contributed by atoms with Gasteiger partial charge in [0.25, 0.3) is 0 Å². The van der Waals surface area contributed by atoms with Crippen LogP contribution in [-0.2, 0) is 6.42 Å². The quantitative estimate of drug-likeness (QED) is 0.406. The molecule has 5 nitrogen and oxygen atoms in total. The van der Waals surface area contributed by atoms with Crippen molar-refractivity contribution in [2.24, 2.45) is 4.99 Å². The Balaban J connectivity index is 0.00000225. The molecule has 0 saturated carbocycles. The molecular formula is C18H23ClIN3O2. The van der Waals surface area contributed by atoms with Crippen molar-refractivity contribution in [3.63, 3.8) is 0 Å². The molecule has 1 aliphatic heterocycles. The smallest absolute Gasteiger partial charge is 0.193 e. The van der Waals surface area contributed by atoms with Crippen molar-refractivity contribution in [3.8, 4) is 5.75 Å². The number of nitrogens with one attached hydrogen (secondary N) is 1. The fourth-order valence-corrected chi connectivity index (χ4v) is 3.00. The van der Waals surface area contributed by atoms with Crippen LogP contribution in [0.5, 0.6) is 5.75 Å². The first-order valence-corrected chi connectivity index (χ1v) is 8.53. The van der Waals surface area contributed by atoms with Gasteiger partial charge in [0.05, 0.1) is 17.8 Å². The van der Waals surface area contributed by atoms with Crippen LogP contribution in [0.1, 0.15) is 12.2 Å². The average Bonchev–Trinajstić information content (AvgIpc) is 3.26. The molecule has 1 aromatic heterocycles. The molecule has 1 saturated heterocycles. The van der Waals surface area contributed by atoms with Gasteiger partial charge in [0.15, 0.2) is 5.96 Å². The van der Waals surface area contributed by atoms with E-state index in [0.717, 1.165) is 49.9 Å². The van der Waals surface area contributed by atoms with Crippen molar-refractivity contribution in [2.75, 3.05) is 26.7 Å². The minimum atomic E-state index is 0. The number of benzene rings is 1. The molecule has 1 atom stereocenters. The van der Waals surface area contributed by atoms with Gasteiger partial charge in [-0.25, -0.2) is 0 Å². The van der Waals surface area contributed by atoms with Crippen LogP contribution >= 0.6 is 35.6 Å². The summed E-state index contributed by atoms with van der Waals surface area (Å²) in [5.74, 6) is 2.61. The van der Waals surface area contributed by atoms with Gasteiger partial charge >= 0.3 is 0 Å². The normalized spacial score (nSPS) is 17.3. The fraction of sp³-hybridized carbons (Fsp3) is 0.389. The number of ether oxygens (including phenoxy) is 1. The average molecular weight is 476 g/mol. The van der Waals surface area contributed by atoms with Crippen LogP contribution < -0.4 is 10.1 Å². The number of nitrogens with zero attached hydrogens (tertiary/aromatic N) is 2. The van der Waals surface area contributed by atoms with Gasteiger partial charge in [-0.15, -0.1) is 24.0 Å². The lowest BCUT2D eigenvalue weighted by Crippen LogP contribution is -2.41. The lowest BCUT2D eigenvalue weighted by molar-refractivity contribution is 0.214. The monoisotopic (exact) mass is 475 g/mol. The summed E-state index contributed by atoms with van der Waals surface area (Å²) < 4.78 is 11.4. The highest BCUT2D eigenvalue weighted by Crippen LogP contribution is 2.26. The predicted molar refractivity (Wildman–Crippen MR) is 111 cm³/mol. The third-order valence-corrected chi connectivity index (χ3v) is 4.33. The van der Waals surface area contributed by atoms with Gasteiger partial charge in [0, 0.05) is 33.0 Å². The van der Waals surface area contributed by atoms with E-state index in [9.17, 15) is 0 Å². The van der Waals surface area contributed by atoms with Crippen LogP contribution in [-0.4, -0.2) is 43.6 Å². The highest BCUT2D eigenvalue weighted by Gasteiger charge is 2.26. The highest BCUT2D eigenvalue weighted by molar-refractivity contribution is 14.0. The lowest BCUT2D eigenvalue weighted by atomic mass is 10.3. The summed E-state index contributed by atoms with van der Waals surface area (Å²) in [7, 11) is 1.80. The van der Waals surface area contributed by atoms with E-state index < -0.39 is 0 Å². The molecule has 136 valence electrons. The number of para-hydroxylation sites is 1. The van der Waals surface area contributed by atoms with E-state index in [-0.39, 0.29) is 30.1 Å². The van der Waals surface area contributed by atoms with Crippen LogP contribution in [0.2, 0.25) is 5.02 Å². The zero-order valence-corrected chi connectivity index (χ0v) is 17.2. The Kier molecular flexibility index (Phi) is 7.90. The first-order chi connectivity index (χ1) is 11.8. The molecule has 0 bridgehead atoms. The Bertz CT molecular complexity index is 679. The first kappa shape index (κ1) is 19.9. The van der Waals surface area contributed by atoms with Gasteiger partial charge < -0.3 is 19.4 Å². The number of rotatable bonds is 5. The summed E-state index contributed by atoms with van der Waals surface area (Å²) in [6.07, 6.45) is 3.60. The predicted octanol–water partition coefficient (Wildman–Crippen LogP) is 3.82. The summed E-state index contributed by atoms with van der Waals surface area (Å²) >= 11 is 6.16. The number of aliphatic imine (C=N–C) groups is 1. The maximum atomic E-state index is 6.16. The Morgan fingerprint density at radius 1 is 1.36 bits per heavy atom. The molecule has 0 aliphatic carbocycles. The van der Waals surface area contributed by atoms with Gasteiger partial charge in [0.2, 0.25) is 0 Å². The minimum absolute atomic E-state index is 0. The van der Waals surface area contributed by atoms with E-state index in [4.69, 9.17) is 20.8 Å². The van der Waals surface area contributed by atoms with Gasteiger partial charge in [-0.1, -0.05) is 23.7 Å². The van der Waals surface area contributed by atoms with Crippen molar-refractivity contribution in [3.05, 3.63) is 53.4 Å². The molecule has 1 N–H and O–H groups in total.